The fourth-order valence-electron chi connectivity index (χ4n) is 1.41. The second-order valence-electron chi connectivity index (χ2n) is 3.31. The first-order chi connectivity index (χ1) is 7.56. The number of amides is 1. The van der Waals surface area contributed by atoms with E-state index in [9.17, 15) is 14.7 Å². The van der Waals surface area contributed by atoms with Gasteiger partial charge in [0.05, 0.1) is 10.9 Å². The van der Waals surface area contributed by atoms with E-state index in [0.717, 1.165) is 4.90 Å². The highest BCUT2D eigenvalue weighted by Gasteiger charge is 2.26. The van der Waals surface area contributed by atoms with Gasteiger partial charge in [0.2, 0.25) is 5.91 Å². The fraction of sp³-hybridized carbons (Fsp3) is 0.200. The minimum absolute atomic E-state index is 0.293. The molecule has 0 aliphatic carbocycles. The van der Waals surface area contributed by atoms with Gasteiger partial charge < -0.3 is 15.2 Å². The van der Waals surface area contributed by atoms with Crippen molar-refractivity contribution in [1.82, 2.24) is 0 Å². The Hall–Kier alpha value is -1.20. The maximum Gasteiger partial charge on any atom is 0.238 e. The van der Waals surface area contributed by atoms with Crippen molar-refractivity contribution in [3.63, 3.8) is 0 Å². The number of hydrogen-bond acceptors (Lipinski definition) is 4. The number of carbonyl (C=O) groups excluding carboxylic acids is 2. The van der Waals surface area contributed by atoms with Crippen molar-refractivity contribution in [3.8, 4) is 0 Å². The molecule has 0 bridgehead atoms. The van der Waals surface area contributed by atoms with E-state index in [1.165, 1.54) is 11.8 Å². The Morgan fingerprint density at radius 2 is 2.31 bits per heavy atom. The number of carboxylic acid groups (broad SMARTS) is 1. The maximum absolute atomic E-state index is 11.5. The highest BCUT2D eigenvalue weighted by atomic mass is 35.5. The summed E-state index contributed by atoms with van der Waals surface area (Å²) in [5.74, 6) is -1.56. The fourth-order valence-corrected chi connectivity index (χ4v) is 2.66. The van der Waals surface area contributed by atoms with Gasteiger partial charge >= 0.3 is 0 Å². The Bertz CT molecular complexity index is 463. The molecule has 84 valence electrons. The summed E-state index contributed by atoms with van der Waals surface area (Å²) in [7, 11) is 0. The third kappa shape index (κ3) is 2.31. The van der Waals surface area contributed by atoms with E-state index in [0.29, 0.717) is 10.7 Å². The zero-order valence-electron chi connectivity index (χ0n) is 8.03. The molecular formula is C10H7ClNO3S-. The number of thioether (sulfide) groups is 1. The molecule has 16 heavy (non-hydrogen) atoms. The molecule has 0 aromatic heterocycles. The largest absolute Gasteiger partial charge is 0.550 e. The van der Waals surface area contributed by atoms with Gasteiger partial charge in [-0.15, -0.1) is 11.8 Å². The van der Waals surface area contributed by atoms with Gasteiger partial charge in [-0.1, -0.05) is 11.6 Å². The number of benzene rings is 1. The minimum Gasteiger partial charge on any atom is -0.550 e. The molecule has 0 spiro atoms. The van der Waals surface area contributed by atoms with Crippen LogP contribution in [0.1, 0.15) is 6.42 Å². The molecule has 4 nitrogen and oxygen atoms in total. The molecular weight excluding hydrogens is 250 g/mol. The molecule has 0 fully saturated rings. The first kappa shape index (κ1) is 11.3. The zero-order chi connectivity index (χ0) is 11.7. The third-order valence-electron chi connectivity index (χ3n) is 2.11. The highest BCUT2D eigenvalue weighted by Crippen LogP contribution is 2.37. The van der Waals surface area contributed by atoms with Gasteiger partial charge in [-0.05, 0) is 18.2 Å². The van der Waals surface area contributed by atoms with Crippen LogP contribution in [0.4, 0.5) is 5.69 Å². The molecule has 0 saturated heterocycles. The molecule has 1 aliphatic rings. The molecule has 1 N–H and O–H groups in total. The average Bonchev–Trinajstić information content (AvgIpc) is 2.19. The van der Waals surface area contributed by atoms with Crippen molar-refractivity contribution < 1.29 is 14.7 Å². The number of halogens is 1. The van der Waals surface area contributed by atoms with Crippen molar-refractivity contribution in [2.45, 2.75) is 16.6 Å². The first-order valence-electron chi connectivity index (χ1n) is 4.53. The van der Waals surface area contributed by atoms with Crippen LogP contribution < -0.4 is 10.4 Å². The van der Waals surface area contributed by atoms with Gasteiger partial charge in [-0.25, -0.2) is 0 Å². The van der Waals surface area contributed by atoms with Crippen LogP contribution in [-0.2, 0) is 9.59 Å². The SMILES string of the molecule is O=C([O-])C[C@H]1Sc2ccc(Cl)cc2NC1=O. The van der Waals surface area contributed by atoms with Crippen LogP contribution >= 0.6 is 23.4 Å². The lowest BCUT2D eigenvalue weighted by atomic mass is 10.2. The number of nitrogens with one attached hydrogen (secondary N) is 1. The van der Waals surface area contributed by atoms with E-state index in [4.69, 9.17) is 11.6 Å². The number of rotatable bonds is 2. The summed E-state index contributed by atoms with van der Waals surface area (Å²) >= 11 is 6.99. The summed E-state index contributed by atoms with van der Waals surface area (Å²) in [5.41, 5.74) is 0.622. The van der Waals surface area contributed by atoms with E-state index in [1.807, 2.05) is 0 Å². The van der Waals surface area contributed by atoms with Crippen LogP contribution in [0.2, 0.25) is 5.02 Å². The summed E-state index contributed by atoms with van der Waals surface area (Å²) < 4.78 is 0. The first-order valence-corrected chi connectivity index (χ1v) is 5.79. The summed E-state index contributed by atoms with van der Waals surface area (Å²) in [5, 5.41) is 13.0. The van der Waals surface area contributed by atoms with Crippen LogP contribution in [0, 0.1) is 0 Å². The third-order valence-corrected chi connectivity index (χ3v) is 3.62. The van der Waals surface area contributed by atoms with Crippen LogP contribution in [0.15, 0.2) is 23.1 Å². The Balaban J connectivity index is 2.25. The van der Waals surface area contributed by atoms with Crippen LogP contribution in [0.3, 0.4) is 0 Å². The topological polar surface area (TPSA) is 69.2 Å². The maximum atomic E-state index is 11.5. The Morgan fingerprint density at radius 3 is 3.00 bits per heavy atom. The van der Waals surface area contributed by atoms with Crippen LogP contribution in [0.25, 0.3) is 0 Å². The average molecular weight is 257 g/mol. The van der Waals surface area contributed by atoms with Gasteiger partial charge in [0.25, 0.3) is 0 Å². The second-order valence-corrected chi connectivity index (χ2v) is 4.99. The smallest absolute Gasteiger partial charge is 0.238 e. The van der Waals surface area contributed by atoms with Crippen molar-refractivity contribution in [2.75, 3.05) is 5.32 Å². The molecule has 1 atom stereocenters. The van der Waals surface area contributed by atoms with Gasteiger partial charge in [-0.2, -0.15) is 0 Å². The summed E-state index contributed by atoms with van der Waals surface area (Å²) in [6.07, 6.45) is -0.293. The van der Waals surface area contributed by atoms with Crippen molar-refractivity contribution >= 4 is 40.9 Å². The Kier molecular flexibility index (Phi) is 3.07. The van der Waals surface area contributed by atoms with E-state index in [2.05, 4.69) is 5.32 Å². The molecule has 6 heteroatoms. The Labute approximate surface area is 101 Å². The number of hydrogen-bond donors (Lipinski definition) is 1. The molecule has 0 unspecified atom stereocenters. The number of fused-ring (bicyclic) bond motifs is 1. The molecule has 1 aromatic carbocycles. The lowest BCUT2D eigenvalue weighted by Crippen LogP contribution is -2.35. The van der Waals surface area contributed by atoms with Gasteiger partial charge in [0.1, 0.15) is 0 Å². The predicted octanol–water partition coefficient (Wildman–Crippen LogP) is 0.893. The summed E-state index contributed by atoms with van der Waals surface area (Å²) in [6.45, 7) is 0. The number of anilines is 1. The molecule has 2 rings (SSSR count). The van der Waals surface area contributed by atoms with E-state index < -0.39 is 11.2 Å². The second kappa shape index (κ2) is 4.35. The van der Waals surface area contributed by atoms with Gasteiger partial charge in [0.15, 0.2) is 0 Å². The van der Waals surface area contributed by atoms with E-state index in [-0.39, 0.29) is 12.3 Å². The molecule has 1 amide bonds. The number of carboxylic acids is 1. The molecule has 1 aromatic rings. The van der Waals surface area contributed by atoms with E-state index >= 15 is 0 Å². The minimum atomic E-state index is -1.23. The van der Waals surface area contributed by atoms with Gasteiger partial charge in [0, 0.05) is 22.3 Å². The summed E-state index contributed by atoms with van der Waals surface area (Å²) in [4.78, 5) is 22.8. The van der Waals surface area contributed by atoms with Gasteiger partial charge in [-0.3, -0.25) is 4.79 Å². The lowest BCUT2D eigenvalue weighted by Gasteiger charge is -2.24. The number of aliphatic carboxylic acids is 1. The summed E-state index contributed by atoms with van der Waals surface area (Å²) in [6, 6.07) is 5.09. The monoisotopic (exact) mass is 256 g/mol. The molecule has 0 saturated carbocycles. The van der Waals surface area contributed by atoms with E-state index in [1.54, 1.807) is 18.2 Å². The van der Waals surface area contributed by atoms with Crippen molar-refractivity contribution in [2.24, 2.45) is 0 Å². The quantitative estimate of drug-likeness (QED) is 0.853. The normalized spacial score (nSPS) is 18.8. The standard InChI is InChI=1S/C10H8ClNO3S/c11-5-1-2-7-6(3-5)12-10(15)8(16-7)4-9(13)14/h1-3,8H,4H2,(H,12,15)(H,13,14)/p-1/t8-/m1/s1. The Morgan fingerprint density at radius 1 is 1.56 bits per heavy atom. The van der Waals surface area contributed by atoms with Crippen LogP contribution in [-0.4, -0.2) is 17.1 Å². The molecule has 0 radical (unpaired) electrons. The van der Waals surface area contributed by atoms with Crippen LogP contribution in [0.5, 0.6) is 0 Å². The van der Waals surface area contributed by atoms with Crippen molar-refractivity contribution in [1.29, 1.82) is 0 Å². The predicted molar refractivity (Wildman–Crippen MR) is 59.4 cm³/mol. The molecule has 1 heterocycles. The highest BCUT2D eigenvalue weighted by molar-refractivity contribution is 8.01. The molecule has 1 aliphatic heterocycles. The number of carbonyl (C=O) groups is 2. The van der Waals surface area contributed by atoms with Crippen molar-refractivity contribution in [3.05, 3.63) is 23.2 Å². The lowest BCUT2D eigenvalue weighted by molar-refractivity contribution is -0.305. The zero-order valence-corrected chi connectivity index (χ0v) is 9.60.